The molecule has 9 heteroatoms. The highest BCUT2D eigenvalue weighted by Crippen LogP contribution is 2.24. The average Bonchev–Trinajstić information content (AvgIpc) is 3.43. The summed E-state index contributed by atoms with van der Waals surface area (Å²) in [5.41, 5.74) is 2.15. The molecule has 0 aliphatic carbocycles. The van der Waals surface area contributed by atoms with Crippen LogP contribution in [-0.4, -0.2) is 50.7 Å². The molecule has 152 valence electrons. The number of hydrogen-bond acceptors (Lipinski definition) is 7. The number of nitrogens with one attached hydrogen (secondary N) is 1. The summed E-state index contributed by atoms with van der Waals surface area (Å²) in [5, 5.41) is 12.5. The zero-order chi connectivity index (χ0) is 20.5. The number of benzene rings is 1. The zero-order valence-electron chi connectivity index (χ0n) is 16.3. The summed E-state index contributed by atoms with van der Waals surface area (Å²) in [5.74, 6) is 1.41. The quantitative estimate of drug-likeness (QED) is 0.544. The lowest BCUT2D eigenvalue weighted by molar-refractivity contribution is 0.183. The maximum absolute atomic E-state index is 12.6. The minimum atomic E-state index is -0.261. The molecule has 5 rings (SSSR count). The van der Waals surface area contributed by atoms with E-state index in [4.69, 9.17) is 9.47 Å². The first-order valence-electron chi connectivity index (χ1n) is 9.60. The first kappa shape index (κ1) is 18.3. The van der Waals surface area contributed by atoms with Crippen molar-refractivity contribution in [1.82, 2.24) is 24.4 Å². The third-order valence-electron chi connectivity index (χ3n) is 5.14. The molecule has 3 aromatic heterocycles. The fourth-order valence-corrected chi connectivity index (χ4v) is 3.60. The first-order chi connectivity index (χ1) is 14.7. The number of aromatic nitrogens is 5. The van der Waals surface area contributed by atoms with Gasteiger partial charge >= 0.3 is 0 Å². The van der Waals surface area contributed by atoms with Crippen molar-refractivity contribution in [3.63, 3.8) is 0 Å². The van der Waals surface area contributed by atoms with Crippen molar-refractivity contribution in [1.29, 1.82) is 0 Å². The van der Waals surface area contributed by atoms with Gasteiger partial charge in [-0.15, -0.1) is 5.10 Å². The Balaban J connectivity index is 1.45. The highest BCUT2D eigenvalue weighted by molar-refractivity contribution is 5.60. The maximum atomic E-state index is 12.6. The van der Waals surface area contributed by atoms with E-state index in [1.54, 1.807) is 30.1 Å². The molecule has 30 heavy (non-hydrogen) atoms. The van der Waals surface area contributed by atoms with E-state index >= 15 is 0 Å². The van der Waals surface area contributed by atoms with Crippen LogP contribution in [0.1, 0.15) is 6.04 Å². The van der Waals surface area contributed by atoms with Gasteiger partial charge in [0.1, 0.15) is 17.6 Å². The lowest BCUT2D eigenvalue weighted by atomic mass is 10.1. The van der Waals surface area contributed by atoms with Crippen LogP contribution in [0.2, 0.25) is 0 Å². The number of hydrogen-bond donors (Lipinski definition) is 1. The van der Waals surface area contributed by atoms with Gasteiger partial charge in [-0.25, -0.2) is 14.2 Å². The van der Waals surface area contributed by atoms with Crippen LogP contribution in [0, 0.1) is 0 Å². The third-order valence-corrected chi connectivity index (χ3v) is 5.14. The SMILES string of the molecule is COc1cccc(-c2ccc(=O)n(C3COCC3Nc3ccc4nccn4n3)n2)c1. The lowest BCUT2D eigenvalue weighted by Gasteiger charge is -2.21. The fraction of sp³-hybridized carbons (Fsp3) is 0.238. The number of nitrogens with zero attached hydrogens (tertiary/aromatic N) is 5. The summed E-state index contributed by atoms with van der Waals surface area (Å²) < 4.78 is 14.2. The van der Waals surface area contributed by atoms with E-state index in [-0.39, 0.29) is 17.6 Å². The highest BCUT2D eigenvalue weighted by Gasteiger charge is 2.32. The summed E-state index contributed by atoms with van der Waals surface area (Å²) in [6.07, 6.45) is 3.48. The molecule has 4 heterocycles. The van der Waals surface area contributed by atoms with Crippen LogP contribution in [0.3, 0.4) is 0 Å². The van der Waals surface area contributed by atoms with E-state index in [1.807, 2.05) is 36.4 Å². The van der Waals surface area contributed by atoms with Crippen molar-refractivity contribution >= 4 is 11.5 Å². The Bertz CT molecular complexity index is 1250. The molecule has 2 unspecified atom stereocenters. The summed E-state index contributed by atoms with van der Waals surface area (Å²) in [4.78, 5) is 16.8. The fourth-order valence-electron chi connectivity index (χ4n) is 3.60. The van der Waals surface area contributed by atoms with Gasteiger partial charge in [-0.1, -0.05) is 12.1 Å². The van der Waals surface area contributed by atoms with Crippen molar-refractivity contribution in [2.75, 3.05) is 25.6 Å². The number of anilines is 1. The molecule has 1 saturated heterocycles. The van der Waals surface area contributed by atoms with Gasteiger partial charge in [-0.3, -0.25) is 4.79 Å². The summed E-state index contributed by atoms with van der Waals surface area (Å²) in [6, 6.07) is 14.2. The Morgan fingerprint density at radius 1 is 1.13 bits per heavy atom. The monoisotopic (exact) mass is 404 g/mol. The number of ether oxygens (including phenoxy) is 2. The third kappa shape index (κ3) is 3.39. The largest absolute Gasteiger partial charge is 0.497 e. The molecule has 0 saturated carbocycles. The Kier molecular flexibility index (Phi) is 4.64. The van der Waals surface area contributed by atoms with E-state index in [9.17, 15) is 4.79 Å². The predicted molar refractivity (Wildman–Crippen MR) is 111 cm³/mol. The Hall–Kier alpha value is -3.72. The van der Waals surface area contributed by atoms with E-state index in [2.05, 4.69) is 20.5 Å². The van der Waals surface area contributed by atoms with Gasteiger partial charge in [0.05, 0.1) is 32.1 Å². The Morgan fingerprint density at radius 3 is 2.97 bits per heavy atom. The second kappa shape index (κ2) is 7.60. The van der Waals surface area contributed by atoms with Crippen molar-refractivity contribution in [3.05, 3.63) is 71.3 Å². The molecular formula is C21H20N6O3. The second-order valence-electron chi connectivity index (χ2n) is 7.04. The van der Waals surface area contributed by atoms with E-state index < -0.39 is 0 Å². The van der Waals surface area contributed by atoms with Crippen LogP contribution < -0.4 is 15.6 Å². The average molecular weight is 404 g/mol. The molecule has 9 nitrogen and oxygen atoms in total. The first-order valence-corrected chi connectivity index (χ1v) is 9.60. The molecule has 4 aromatic rings. The van der Waals surface area contributed by atoms with Crippen LogP contribution in [0.15, 0.2) is 65.7 Å². The highest BCUT2D eigenvalue weighted by atomic mass is 16.5. The smallest absolute Gasteiger partial charge is 0.267 e. The molecule has 2 atom stereocenters. The van der Waals surface area contributed by atoms with Crippen LogP contribution in [-0.2, 0) is 4.74 Å². The molecule has 0 spiro atoms. The molecule has 0 bridgehead atoms. The Labute approximate surface area is 171 Å². The molecule has 1 aliphatic rings. The van der Waals surface area contributed by atoms with Gasteiger partial charge in [-0.2, -0.15) is 5.10 Å². The van der Waals surface area contributed by atoms with E-state index in [0.29, 0.717) is 24.7 Å². The summed E-state index contributed by atoms with van der Waals surface area (Å²) in [6.45, 7) is 0.839. The molecule has 0 radical (unpaired) electrons. The minimum absolute atomic E-state index is 0.149. The van der Waals surface area contributed by atoms with Crippen molar-refractivity contribution in [2.45, 2.75) is 12.1 Å². The molecule has 1 aliphatic heterocycles. The number of fused-ring (bicyclic) bond motifs is 1. The molecule has 1 aromatic carbocycles. The molecule has 1 N–H and O–H groups in total. The summed E-state index contributed by atoms with van der Waals surface area (Å²) in [7, 11) is 1.62. The van der Waals surface area contributed by atoms with Gasteiger partial charge in [0, 0.05) is 24.0 Å². The lowest BCUT2D eigenvalue weighted by Crippen LogP contribution is -2.37. The van der Waals surface area contributed by atoms with Crippen LogP contribution >= 0.6 is 0 Å². The van der Waals surface area contributed by atoms with E-state index in [1.165, 1.54) is 10.7 Å². The van der Waals surface area contributed by atoms with Gasteiger partial charge in [0.2, 0.25) is 0 Å². The van der Waals surface area contributed by atoms with Crippen molar-refractivity contribution in [3.8, 4) is 17.0 Å². The van der Waals surface area contributed by atoms with Gasteiger partial charge in [-0.05, 0) is 30.3 Å². The summed E-state index contributed by atoms with van der Waals surface area (Å²) >= 11 is 0. The maximum Gasteiger partial charge on any atom is 0.267 e. The number of rotatable bonds is 5. The minimum Gasteiger partial charge on any atom is -0.497 e. The standard InChI is InChI=1S/C21H20N6O3/c1-29-15-4-2-3-14(11-15)16-5-8-21(28)27(24-16)18-13-30-12-17(18)23-19-6-7-20-22-9-10-26(20)25-19/h2-11,17-18H,12-13H2,1H3,(H,23,25). The molecule has 0 amide bonds. The van der Waals surface area contributed by atoms with Crippen molar-refractivity contribution in [2.24, 2.45) is 0 Å². The van der Waals surface area contributed by atoms with Gasteiger partial charge in [0.25, 0.3) is 5.56 Å². The molecular weight excluding hydrogens is 384 g/mol. The predicted octanol–water partition coefficient (Wildman–Crippen LogP) is 2.01. The number of methoxy groups -OCH3 is 1. The van der Waals surface area contributed by atoms with Crippen molar-refractivity contribution < 1.29 is 9.47 Å². The topological polar surface area (TPSA) is 95.6 Å². The zero-order valence-corrected chi connectivity index (χ0v) is 16.3. The Morgan fingerprint density at radius 2 is 2.07 bits per heavy atom. The van der Waals surface area contributed by atoms with Crippen LogP contribution in [0.25, 0.3) is 16.9 Å². The second-order valence-corrected chi connectivity index (χ2v) is 7.04. The van der Waals surface area contributed by atoms with E-state index in [0.717, 1.165) is 17.0 Å². The van der Waals surface area contributed by atoms with Crippen LogP contribution in [0.4, 0.5) is 5.82 Å². The van der Waals surface area contributed by atoms with Gasteiger partial charge < -0.3 is 14.8 Å². The van der Waals surface area contributed by atoms with Crippen LogP contribution in [0.5, 0.6) is 5.75 Å². The molecule has 1 fully saturated rings. The normalized spacial score (nSPS) is 18.6. The number of imidazole rings is 1. The van der Waals surface area contributed by atoms with Gasteiger partial charge in [0.15, 0.2) is 5.65 Å².